The Morgan fingerprint density at radius 3 is 2.61 bits per heavy atom. The summed E-state index contributed by atoms with van der Waals surface area (Å²) in [6.45, 7) is 4.63. The second-order valence-electron chi connectivity index (χ2n) is 4.31. The lowest BCUT2D eigenvalue weighted by Crippen LogP contribution is -2.29. The van der Waals surface area contributed by atoms with Crippen molar-refractivity contribution in [2.45, 2.75) is 33.2 Å². The Kier molecular flexibility index (Phi) is 5.09. The van der Waals surface area contributed by atoms with Crippen molar-refractivity contribution in [3.05, 3.63) is 33.2 Å². The zero-order valence-corrected chi connectivity index (χ0v) is 11.0. The SMILES string of the molecule is COCCCCn1c(C)cc(C)c(C(=O)O)c1=O. The third-order valence-corrected chi connectivity index (χ3v) is 2.90. The maximum atomic E-state index is 12.1. The van der Waals surface area contributed by atoms with Crippen LogP contribution in [-0.4, -0.2) is 29.4 Å². The molecule has 5 nitrogen and oxygen atoms in total. The fourth-order valence-corrected chi connectivity index (χ4v) is 1.98. The van der Waals surface area contributed by atoms with Gasteiger partial charge in [0.2, 0.25) is 0 Å². The molecule has 0 bridgehead atoms. The van der Waals surface area contributed by atoms with Gasteiger partial charge in [-0.1, -0.05) is 0 Å². The topological polar surface area (TPSA) is 68.5 Å². The van der Waals surface area contributed by atoms with Crippen molar-refractivity contribution in [1.82, 2.24) is 4.57 Å². The van der Waals surface area contributed by atoms with E-state index in [2.05, 4.69) is 0 Å². The predicted octanol–water partition coefficient (Wildman–Crippen LogP) is 1.59. The van der Waals surface area contributed by atoms with Gasteiger partial charge in [0.05, 0.1) is 0 Å². The zero-order valence-electron chi connectivity index (χ0n) is 11.0. The van der Waals surface area contributed by atoms with Crippen molar-refractivity contribution in [3.63, 3.8) is 0 Å². The molecule has 0 saturated carbocycles. The molecule has 0 unspecified atom stereocenters. The molecule has 0 aromatic carbocycles. The molecule has 1 aromatic rings. The molecule has 1 N–H and O–H groups in total. The minimum absolute atomic E-state index is 0.132. The van der Waals surface area contributed by atoms with Crippen molar-refractivity contribution in [3.8, 4) is 0 Å². The molecule has 0 saturated heterocycles. The van der Waals surface area contributed by atoms with Crippen LogP contribution >= 0.6 is 0 Å². The van der Waals surface area contributed by atoms with Gasteiger partial charge in [0, 0.05) is 26.0 Å². The number of aromatic nitrogens is 1. The van der Waals surface area contributed by atoms with Crippen molar-refractivity contribution in [2.24, 2.45) is 0 Å². The van der Waals surface area contributed by atoms with E-state index in [0.29, 0.717) is 18.7 Å². The number of nitrogens with zero attached hydrogens (tertiary/aromatic N) is 1. The van der Waals surface area contributed by atoms with Gasteiger partial charge in [0.25, 0.3) is 5.56 Å². The largest absolute Gasteiger partial charge is 0.477 e. The number of unbranched alkanes of at least 4 members (excludes halogenated alkanes) is 1. The minimum Gasteiger partial charge on any atom is -0.477 e. The molecule has 0 aliphatic rings. The molecule has 0 aliphatic heterocycles. The van der Waals surface area contributed by atoms with Crippen molar-refractivity contribution in [2.75, 3.05) is 13.7 Å². The number of rotatable bonds is 6. The van der Waals surface area contributed by atoms with Gasteiger partial charge in [-0.3, -0.25) is 4.79 Å². The van der Waals surface area contributed by atoms with E-state index in [1.165, 1.54) is 4.57 Å². The molecule has 1 heterocycles. The molecule has 0 fully saturated rings. The molecule has 0 amide bonds. The third kappa shape index (κ3) is 3.20. The summed E-state index contributed by atoms with van der Waals surface area (Å²) in [5.41, 5.74) is 0.753. The van der Waals surface area contributed by atoms with E-state index in [9.17, 15) is 9.59 Å². The fourth-order valence-electron chi connectivity index (χ4n) is 1.98. The normalized spacial score (nSPS) is 10.6. The highest BCUT2D eigenvalue weighted by Crippen LogP contribution is 2.07. The fraction of sp³-hybridized carbons (Fsp3) is 0.538. The van der Waals surface area contributed by atoms with E-state index in [4.69, 9.17) is 9.84 Å². The minimum atomic E-state index is -1.16. The summed E-state index contributed by atoms with van der Waals surface area (Å²) in [7, 11) is 1.63. The number of carbonyl (C=O) groups is 1. The number of carboxylic acid groups (broad SMARTS) is 1. The highest BCUT2D eigenvalue weighted by Gasteiger charge is 2.15. The van der Waals surface area contributed by atoms with Crippen molar-refractivity contribution >= 4 is 5.97 Å². The summed E-state index contributed by atoms with van der Waals surface area (Å²) in [5.74, 6) is -1.16. The van der Waals surface area contributed by atoms with E-state index >= 15 is 0 Å². The Bertz CT molecular complexity index is 490. The third-order valence-electron chi connectivity index (χ3n) is 2.90. The predicted molar refractivity (Wildman–Crippen MR) is 68.2 cm³/mol. The molecule has 0 radical (unpaired) electrons. The number of pyridine rings is 1. The van der Waals surface area contributed by atoms with Crippen LogP contribution in [0.1, 0.15) is 34.5 Å². The molecule has 0 spiro atoms. The molecule has 100 valence electrons. The Labute approximate surface area is 106 Å². The van der Waals surface area contributed by atoms with Crippen LogP contribution in [0.5, 0.6) is 0 Å². The molecular formula is C13H19NO4. The van der Waals surface area contributed by atoms with Crippen LogP contribution in [0.25, 0.3) is 0 Å². The van der Waals surface area contributed by atoms with Gasteiger partial charge in [-0.2, -0.15) is 0 Å². The summed E-state index contributed by atoms with van der Waals surface area (Å²) in [4.78, 5) is 23.1. The molecule has 0 atom stereocenters. The summed E-state index contributed by atoms with van der Waals surface area (Å²) >= 11 is 0. The number of methoxy groups -OCH3 is 1. The number of aromatic carboxylic acids is 1. The molecule has 1 aromatic heterocycles. The maximum absolute atomic E-state index is 12.1. The first-order valence-electron chi connectivity index (χ1n) is 5.92. The lowest BCUT2D eigenvalue weighted by atomic mass is 10.1. The van der Waals surface area contributed by atoms with Crippen LogP contribution < -0.4 is 5.56 Å². The number of hydrogen-bond donors (Lipinski definition) is 1. The van der Waals surface area contributed by atoms with Crippen LogP contribution in [0.3, 0.4) is 0 Å². The highest BCUT2D eigenvalue weighted by atomic mass is 16.5. The van der Waals surface area contributed by atoms with Crippen LogP contribution in [0.15, 0.2) is 10.9 Å². The van der Waals surface area contributed by atoms with Gasteiger partial charge in [0.1, 0.15) is 5.56 Å². The molecule has 0 aliphatic carbocycles. The second-order valence-corrected chi connectivity index (χ2v) is 4.31. The molecular weight excluding hydrogens is 234 g/mol. The van der Waals surface area contributed by atoms with Crippen LogP contribution in [0, 0.1) is 13.8 Å². The summed E-state index contributed by atoms with van der Waals surface area (Å²) in [6, 6.07) is 1.74. The summed E-state index contributed by atoms with van der Waals surface area (Å²) in [5, 5.41) is 9.04. The number of ether oxygens (including phenoxy) is 1. The van der Waals surface area contributed by atoms with E-state index in [0.717, 1.165) is 18.5 Å². The zero-order chi connectivity index (χ0) is 13.7. The Balaban J connectivity index is 3.01. The Hall–Kier alpha value is -1.62. The second kappa shape index (κ2) is 6.35. The van der Waals surface area contributed by atoms with Crippen LogP contribution in [-0.2, 0) is 11.3 Å². The molecule has 5 heteroatoms. The van der Waals surface area contributed by atoms with Gasteiger partial charge < -0.3 is 14.4 Å². The Morgan fingerprint density at radius 2 is 2.06 bits per heavy atom. The van der Waals surface area contributed by atoms with Crippen LogP contribution in [0.4, 0.5) is 0 Å². The standard InChI is InChI=1S/C13H19NO4/c1-9-8-10(2)14(6-4-5-7-18-3)12(15)11(9)13(16)17/h8H,4-7H2,1-3H3,(H,16,17). The number of hydrogen-bond acceptors (Lipinski definition) is 3. The summed E-state index contributed by atoms with van der Waals surface area (Å²) < 4.78 is 6.46. The quantitative estimate of drug-likeness (QED) is 0.782. The number of carboxylic acids is 1. The molecule has 18 heavy (non-hydrogen) atoms. The highest BCUT2D eigenvalue weighted by molar-refractivity contribution is 5.88. The van der Waals surface area contributed by atoms with Gasteiger partial charge >= 0.3 is 5.97 Å². The van der Waals surface area contributed by atoms with E-state index < -0.39 is 11.5 Å². The summed E-state index contributed by atoms with van der Waals surface area (Å²) in [6.07, 6.45) is 1.63. The van der Waals surface area contributed by atoms with E-state index in [-0.39, 0.29) is 5.56 Å². The van der Waals surface area contributed by atoms with Crippen molar-refractivity contribution in [1.29, 1.82) is 0 Å². The first-order chi connectivity index (χ1) is 8.49. The maximum Gasteiger partial charge on any atom is 0.341 e. The average Bonchev–Trinajstić information content (AvgIpc) is 2.26. The van der Waals surface area contributed by atoms with Gasteiger partial charge in [-0.25, -0.2) is 4.79 Å². The Morgan fingerprint density at radius 1 is 1.39 bits per heavy atom. The lowest BCUT2D eigenvalue weighted by molar-refractivity contribution is 0.0693. The molecule has 1 rings (SSSR count). The number of aryl methyl sites for hydroxylation is 2. The monoisotopic (exact) mass is 253 g/mol. The smallest absolute Gasteiger partial charge is 0.341 e. The van der Waals surface area contributed by atoms with Crippen LogP contribution in [0.2, 0.25) is 0 Å². The van der Waals surface area contributed by atoms with Gasteiger partial charge in [-0.05, 0) is 38.3 Å². The van der Waals surface area contributed by atoms with E-state index in [1.807, 2.05) is 6.92 Å². The van der Waals surface area contributed by atoms with Gasteiger partial charge in [-0.15, -0.1) is 0 Å². The first-order valence-corrected chi connectivity index (χ1v) is 5.92. The van der Waals surface area contributed by atoms with Crippen molar-refractivity contribution < 1.29 is 14.6 Å². The van der Waals surface area contributed by atoms with Gasteiger partial charge in [0.15, 0.2) is 0 Å². The van der Waals surface area contributed by atoms with E-state index in [1.54, 1.807) is 20.1 Å². The first kappa shape index (κ1) is 14.4. The average molecular weight is 253 g/mol. The lowest BCUT2D eigenvalue weighted by Gasteiger charge is -2.12.